The van der Waals surface area contributed by atoms with Gasteiger partial charge in [-0.25, -0.2) is 0 Å². The average molecular weight is 389 g/mol. The summed E-state index contributed by atoms with van der Waals surface area (Å²) in [4.78, 5) is 0. The van der Waals surface area contributed by atoms with Crippen molar-refractivity contribution in [2.45, 2.75) is 12.1 Å². The van der Waals surface area contributed by atoms with Gasteiger partial charge in [0.2, 0.25) is 0 Å². The Labute approximate surface area is 151 Å². The van der Waals surface area contributed by atoms with Crippen molar-refractivity contribution >= 4 is 31.5 Å². The first-order valence-corrected chi connectivity index (χ1v) is 9.25. The van der Waals surface area contributed by atoms with Gasteiger partial charge in [-0.2, -0.15) is 0 Å². The highest BCUT2D eigenvalue weighted by Gasteiger charge is 2.11. The van der Waals surface area contributed by atoms with E-state index in [4.69, 9.17) is 43.7 Å². The molecule has 0 saturated heterocycles. The molecule has 0 bridgehead atoms. The van der Waals surface area contributed by atoms with Crippen LogP contribution in [0.1, 0.15) is 23.2 Å². The van der Waals surface area contributed by atoms with E-state index in [0.717, 1.165) is 11.1 Å². The van der Waals surface area contributed by atoms with Crippen molar-refractivity contribution in [1.82, 2.24) is 0 Å². The molecule has 0 heterocycles. The van der Waals surface area contributed by atoms with Gasteiger partial charge in [-0.05, 0) is 35.4 Å². The molecule has 0 aliphatic carbocycles. The van der Waals surface area contributed by atoms with E-state index in [1.165, 1.54) is 0 Å². The van der Waals surface area contributed by atoms with Crippen LogP contribution in [0.15, 0.2) is 48.5 Å². The first-order chi connectivity index (χ1) is 11.5. The summed E-state index contributed by atoms with van der Waals surface area (Å²) in [6.07, 6.45) is 0. The molecule has 8 heteroatoms. The van der Waals surface area contributed by atoms with E-state index in [-0.39, 0.29) is 13.2 Å². The van der Waals surface area contributed by atoms with Gasteiger partial charge in [0.05, 0.1) is 25.3 Å². The van der Waals surface area contributed by atoms with Crippen molar-refractivity contribution < 1.29 is 13.6 Å². The van der Waals surface area contributed by atoms with Crippen molar-refractivity contribution in [2.24, 2.45) is 11.5 Å². The third-order valence-corrected chi connectivity index (χ3v) is 4.67. The molecule has 0 fully saturated rings. The van der Waals surface area contributed by atoms with Crippen molar-refractivity contribution in [3.8, 4) is 0 Å². The zero-order valence-corrected chi connectivity index (χ0v) is 15.3. The molecule has 0 saturated carbocycles. The SMILES string of the molecule is NC(CO[PH](=O)OCC(N)c1ccc(Cl)cc1)c1ccc(Cl)cc1. The third kappa shape index (κ3) is 6.19. The lowest BCUT2D eigenvalue weighted by Gasteiger charge is -2.15. The number of rotatable bonds is 8. The van der Waals surface area contributed by atoms with Gasteiger partial charge in [0.15, 0.2) is 0 Å². The molecule has 2 aromatic carbocycles. The molecule has 0 radical (unpaired) electrons. The molecule has 2 atom stereocenters. The minimum absolute atomic E-state index is 0.0790. The zero-order chi connectivity index (χ0) is 17.5. The number of nitrogens with two attached hydrogens (primary N) is 2. The minimum Gasteiger partial charge on any atom is -0.322 e. The summed E-state index contributed by atoms with van der Waals surface area (Å²) in [6, 6.07) is 13.3. The van der Waals surface area contributed by atoms with Gasteiger partial charge in [0.1, 0.15) is 0 Å². The monoisotopic (exact) mass is 388 g/mol. The first kappa shape index (κ1) is 19.4. The molecule has 5 nitrogen and oxygen atoms in total. The van der Waals surface area contributed by atoms with E-state index in [0.29, 0.717) is 10.0 Å². The van der Waals surface area contributed by atoms with Crippen LogP contribution in [0.4, 0.5) is 0 Å². The molecule has 0 aliphatic heterocycles. The highest BCUT2D eigenvalue weighted by Crippen LogP contribution is 2.28. The van der Waals surface area contributed by atoms with Crippen LogP contribution in [0.5, 0.6) is 0 Å². The van der Waals surface area contributed by atoms with Gasteiger partial charge in [-0.3, -0.25) is 4.57 Å². The number of hydrogen-bond acceptors (Lipinski definition) is 5. The Morgan fingerprint density at radius 2 is 1.12 bits per heavy atom. The fourth-order valence-corrected chi connectivity index (χ4v) is 2.94. The topological polar surface area (TPSA) is 87.6 Å². The number of halogens is 2. The van der Waals surface area contributed by atoms with Gasteiger partial charge in [0, 0.05) is 10.0 Å². The smallest absolute Gasteiger partial charge is 0.319 e. The van der Waals surface area contributed by atoms with Crippen molar-refractivity contribution in [3.63, 3.8) is 0 Å². The Balaban J connectivity index is 1.74. The Hall–Kier alpha value is -0.910. The van der Waals surface area contributed by atoms with Crippen LogP contribution in [0.25, 0.3) is 0 Å². The summed E-state index contributed by atoms with van der Waals surface area (Å²) >= 11 is 11.6. The van der Waals surface area contributed by atoms with Crippen LogP contribution in [-0.2, 0) is 13.6 Å². The van der Waals surface area contributed by atoms with Gasteiger partial charge < -0.3 is 20.5 Å². The molecule has 0 aromatic heterocycles. The minimum atomic E-state index is -2.67. The molecule has 0 aliphatic rings. The van der Waals surface area contributed by atoms with Crippen LogP contribution in [-0.4, -0.2) is 13.2 Å². The summed E-state index contributed by atoms with van der Waals surface area (Å²) in [5, 5.41) is 1.25. The largest absolute Gasteiger partial charge is 0.322 e. The number of benzene rings is 2. The molecule has 24 heavy (non-hydrogen) atoms. The van der Waals surface area contributed by atoms with E-state index in [2.05, 4.69) is 0 Å². The summed E-state index contributed by atoms with van der Waals surface area (Å²) < 4.78 is 22.2. The second-order valence-corrected chi connectivity index (χ2v) is 7.14. The summed E-state index contributed by atoms with van der Waals surface area (Å²) in [5.41, 5.74) is 13.6. The molecular weight excluding hydrogens is 370 g/mol. The predicted octanol–water partition coefficient (Wildman–Crippen LogP) is 4.12. The third-order valence-electron chi connectivity index (χ3n) is 3.36. The zero-order valence-electron chi connectivity index (χ0n) is 12.8. The van der Waals surface area contributed by atoms with Crippen LogP contribution < -0.4 is 11.5 Å². The van der Waals surface area contributed by atoms with Gasteiger partial charge in [-0.15, -0.1) is 0 Å². The normalized spacial score (nSPS) is 15.0. The summed E-state index contributed by atoms with van der Waals surface area (Å²) in [5.74, 6) is 0. The fraction of sp³-hybridized carbons (Fsp3) is 0.250. The van der Waals surface area contributed by atoms with Crippen LogP contribution in [0, 0.1) is 0 Å². The number of hydrogen-bond donors (Lipinski definition) is 2. The lowest BCUT2D eigenvalue weighted by atomic mass is 10.1. The second-order valence-electron chi connectivity index (χ2n) is 5.19. The van der Waals surface area contributed by atoms with E-state index in [1.807, 2.05) is 0 Å². The molecule has 2 aromatic rings. The first-order valence-electron chi connectivity index (χ1n) is 7.27. The lowest BCUT2D eigenvalue weighted by molar-refractivity contribution is 0.207. The molecule has 2 unspecified atom stereocenters. The highest BCUT2D eigenvalue weighted by atomic mass is 35.5. The van der Waals surface area contributed by atoms with E-state index in [9.17, 15) is 4.57 Å². The molecular formula is C16H19Cl2N2O3P. The van der Waals surface area contributed by atoms with Crippen LogP contribution >= 0.6 is 31.5 Å². The van der Waals surface area contributed by atoms with Gasteiger partial charge in [-0.1, -0.05) is 47.5 Å². The maximum atomic E-state index is 11.8. The maximum Gasteiger partial charge on any atom is 0.319 e. The lowest BCUT2D eigenvalue weighted by Crippen LogP contribution is -2.17. The van der Waals surface area contributed by atoms with Gasteiger partial charge >= 0.3 is 8.25 Å². The molecule has 4 N–H and O–H groups in total. The molecule has 130 valence electrons. The van der Waals surface area contributed by atoms with Crippen molar-refractivity contribution in [3.05, 3.63) is 69.7 Å². The Morgan fingerprint density at radius 3 is 1.46 bits per heavy atom. The molecule has 0 amide bonds. The fourth-order valence-electron chi connectivity index (χ4n) is 1.97. The summed E-state index contributed by atoms with van der Waals surface area (Å²) in [6.45, 7) is 0.158. The Kier molecular flexibility index (Phi) is 7.72. The van der Waals surface area contributed by atoms with Crippen molar-refractivity contribution in [2.75, 3.05) is 13.2 Å². The standard InChI is InChI=1S/C16H19Cl2N2O3P/c17-13-5-1-11(2-6-13)15(19)9-22-24(21)23-10-16(20)12-3-7-14(18)8-4-12/h1-8,15-16,24H,9-10,19-20H2. The summed E-state index contributed by atoms with van der Waals surface area (Å²) in [7, 11) is -2.67. The van der Waals surface area contributed by atoms with E-state index < -0.39 is 20.3 Å². The van der Waals surface area contributed by atoms with Crippen molar-refractivity contribution in [1.29, 1.82) is 0 Å². The quantitative estimate of drug-likeness (QED) is 0.664. The Bertz CT molecular complexity index is 611. The van der Waals surface area contributed by atoms with E-state index in [1.54, 1.807) is 48.5 Å². The predicted molar refractivity (Wildman–Crippen MR) is 97.7 cm³/mol. The highest BCUT2D eigenvalue weighted by molar-refractivity contribution is 7.33. The van der Waals surface area contributed by atoms with E-state index >= 15 is 0 Å². The van der Waals surface area contributed by atoms with Crippen LogP contribution in [0.3, 0.4) is 0 Å². The van der Waals surface area contributed by atoms with Crippen LogP contribution in [0.2, 0.25) is 10.0 Å². The average Bonchev–Trinajstić information content (AvgIpc) is 2.58. The Morgan fingerprint density at radius 1 is 0.792 bits per heavy atom. The molecule has 0 spiro atoms. The second kappa shape index (κ2) is 9.54. The van der Waals surface area contributed by atoms with Gasteiger partial charge in [0.25, 0.3) is 0 Å². The maximum absolute atomic E-state index is 11.8. The molecule has 2 rings (SSSR count).